The SMILES string of the molecule is CNc1ccc(Cl)c(-c2ncnc3ccccc23)c1. The van der Waals surface area contributed by atoms with Gasteiger partial charge in [-0.25, -0.2) is 9.97 Å². The minimum Gasteiger partial charge on any atom is -0.388 e. The molecule has 0 bridgehead atoms. The maximum Gasteiger partial charge on any atom is 0.116 e. The van der Waals surface area contributed by atoms with E-state index in [1.807, 2.05) is 49.5 Å². The first-order chi connectivity index (χ1) is 9.29. The molecule has 1 N–H and O–H groups in total. The Balaban J connectivity index is 2.30. The fourth-order valence-corrected chi connectivity index (χ4v) is 2.29. The molecule has 0 aliphatic carbocycles. The van der Waals surface area contributed by atoms with Gasteiger partial charge in [-0.2, -0.15) is 0 Å². The smallest absolute Gasteiger partial charge is 0.116 e. The third kappa shape index (κ3) is 2.13. The Morgan fingerprint density at radius 2 is 1.89 bits per heavy atom. The van der Waals surface area contributed by atoms with Crippen molar-refractivity contribution in [3.63, 3.8) is 0 Å². The normalized spacial score (nSPS) is 10.6. The summed E-state index contributed by atoms with van der Waals surface area (Å²) in [6.07, 6.45) is 1.57. The molecule has 4 heteroatoms. The standard InChI is InChI=1S/C15H12ClN3/c1-17-10-6-7-13(16)12(8-10)15-11-4-2-3-5-14(11)18-9-19-15/h2-9,17H,1H3. The lowest BCUT2D eigenvalue weighted by atomic mass is 10.1. The van der Waals surface area contributed by atoms with Gasteiger partial charge in [-0.05, 0) is 24.3 Å². The number of rotatable bonds is 2. The third-order valence-electron chi connectivity index (χ3n) is 3.05. The average Bonchev–Trinajstić information content (AvgIpc) is 2.47. The zero-order valence-corrected chi connectivity index (χ0v) is 11.1. The number of anilines is 1. The number of nitrogens with one attached hydrogen (secondary N) is 1. The van der Waals surface area contributed by atoms with Crippen LogP contribution < -0.4 is 5.32 Å². The molecule has 0 atom stereocenters. The molecule has 0 aliphatic heterocycles. The van der Waals surface area contributed by atoms with E-state index in [-0.39, 0.29) is 0 Å². The average molecular weight is 270 g/mol. The molecule has 0 spiro atoms. The second kappa shape index (κ2) is 4.86. The maximum atomic E-state index is 6.30. The van der Waals surface area contributed by atoms with Crippen molar-refractivity contribution >= 4 is 28.2 Å². The minimum absolute atomic E-state index is 0.683. The van der Waals surface area contributed by atoms with Crippen molar-refractivity contribution in [1.82, 2.24) is 9.97 Å². The van der Waals surface area contributed by atoms with Crippen LogP contribution in [0.3, 0.4) is 0 Å². The van der Waals surface area contributed by atoms with E-state index in [1.54, 1.807) is 6.33 Å². The van der Waals surface area contributed by atoms with E-state index < -0.39 is 0 Å². The Bertz CT molecular complexity index is 735. The van der Waals surface area contributed by atoms with Crippen LogP contribution in [0.5, 0.6) is 0 Å². The predicted octanol–water partition coefficient (Wildman–Crippen LogP) is 3.99. The number of fused-ring (bicyclic) bond motifs is 1. The van der Waals surface area contributed by atoms with Crippen LogP contribution in [0.25, 0.3) is 22.2 Å². The van der Waals surface area contributed by atoms with Gasteiger partial charge < -0.3 is 5.32 Å². The summed E-state index contributed by atoms with van der Waals surface area (Å²) >= 11 is 6.30. The first-order valence-corrected chi connectivity index (χ1v) is 6.35. The first-order valence-electron chi connectivity index (χ1n) is 5.97. The Hall–Kier alpha value is -2.13. The second-order valence-corrected chi connectivity index (χ2v) is 4.59. The summed E-state index contributed by atoms with van der Waals surface area (Å²) < 4.78 is 0. The van der Waals surface area contributed by atoms with Crippen molar-refractivity contribution in [1.29, 1.82) is 0 Å². The highest BCUT2D eigenvalue weighted by Gasteiger charge is 2.10. The zero-order chi connectivity index (χ0) is 13.2. The summed E-state index contributed by atoms with van der Waals surface area (Å²) in [4.78, 5) is 8.66. The van der Waals surface area contributed by atoms with Gasteiger partial charge in [-0.3, -0.25) is 0 Å². The number of hydrogen-bond donors (Lipinski definition) is 1. The van der Waals surface area contributed by atoms with E-state index in [2.05, 4.69) is 15.3 Å². The Kier molecular flexibility index (Phi) is 3.05. The van der Waals surface area contributed by atoms with Crippen molar-refractivity contribution in [3.8, 4) is 11.3 Å². The summed E-state index contributed by atoms with van der Waals surface area (Å²) in [6, 6.07) is 13.7. The molecule has 2 aromatic carbocycles. The molecule has 3 aromatic rings. The summed E-state index contributed by atoms with van der Waals surface area (Å²) in [5.74, 6) is 0. The Labute approximate surface area is 116 Å². The molecular weight excluding hydrogens is 258 g/mol. The van der Waals surface area contributed by atoms with Gasteiger partial charge in [0.25, 0.3) is 0 Å². The fourth-order valence-electron chi connectivity index (χ4n) is 2.08. The van der Waals surface area contributed by atoms with Crippen LogP contribution in [0.1, 0.15) is 0 Å². The summed E-state index contributed by atoms with van der Waals surface area (Å²) in [5, 5.41) is 4.79. The molecule has 3 rings (SSSR count). The molecule has 0 aliphatic rings. The van der Waals surface area contributed by atoms with Crippen molar-refractivity contribution in [3.05, 3.63) is 53.8 Å². The van der Waals surface area contributed by atoms with E-state index in [4.69, 9.17) is 11.6 Å². The minimum atomic E-state index is 0.683. The van der Waals surface area contributed by atoms with Gasteiger partial charge in [-0.15, -0.1) is 0 Å². The number of nitrogens with zero attached hydrogens (tertiary/aromatic N) is 2. The summed E-state index contributed by atoms with van der Waals surface area (Å²) in [6.45, 7) is 0. The topological polar surface area (TPSA) is 37.8 Å². The van der Waals surface area contributed by atoms with Crippen LogP contribution in [-0.4, -0.2) is 17.0 Å². The van der Waals surface area contributed by atoms with Crippen LogP contribution >= 0.6 is 11.6 Å². The molecule has 3 nitrogen and oxygen atoms in total. The maximum absolute atomic E-state index is 6.30. The molecule has 1 aromatic heterocycles. The summed E-state index contributed by atoms with van der Waals surface area (Å²) in [5.41, 5.74) is 3.68. The van der Waals surface area contributed by atoms with Crippen LogP contribution in [-0.2, 0) is 0 Å². The largest absolute Gasteiger partial charge is 0.388 e. The van der Waals surface area contributed by atoms with E-state index in [9.17, 15) is 0 Å². The second-order valence-electron chi connectivity index (χ2n) is 4.18. The lowest BCUT2D eigenvalue weighted by Gasteiger charge is -2.09. The van der Waals surface area contributed by atoms with E-state index in [1.165, 1.54) is 0 Å². The van der Waals surface area contributed by atoms with Gasteiger partial charge in [0.1, 0.15) is 6.33 Å². The molecular formula is C15H12ClN3. The zero-order valence-electron chi connectivity index (χ0n) is 10.4. The van der Waals surface area contributed by atoms with Crippen molar-refractivity contribution in [2.45, 2.75) is 0 Å². The lowest BCUT2D eigenvalue weighted by molar-refractivity contribution is 1.22. The number of halogens is 1. The van der Waals surface area contributed by atoms with Crippen LogP contribution in [0.15, 0.2) is 48.8 Å². The summed E-state index contributed by atoms with van der Waals surface area (Å²) in [7, 11) is 1.88. The monoisotopic (exact) mass is 269 g/mol. The molecule has 0 amide bonds. The molecule has 0 radical (unpaired) electrons. The molecule has 0 fully saturated rings. The highest BCUT2D eigenvalue weighted by atomic mass is 35.5. The number of aromatic nitrogens is 2. The van der Waals surface area contributed by atoms with Crippen molar-refractivity contribution in [2.75, 3.05) is 12.4 Å². The van der Waals surface area contributed by atoms with Crippen molar-refractivity contribution < 1.29 is 0 Å². The molecule has 1 heterocycles. The van der Waals surface area contributed by atoms with Gasteiger partial charge >= 0.3 is 0 Å². The van der Waals surface area contributed by atoms with Crippen LogP contribution in [0.4, 0.5) is 5.69 Å². The van der Waals surface area contributed by atoms with Gasteiger partial charge in [0.2, 0.25) is 0 Å². The molecule has 19 heavy (non-hydrogen) atoms. The lowest BCUT2D eigenvalue weighted by Crippen LogP contribution is -1.92. The Morgan fingerprint density at radius 3 is 2.74 bits per heavy atom. The molecule has 0 unspecified atom stereocenters. The number of hydrogen-bond acceptors (Lipinski definition) is 3. The van der Waals surface area contributed by atoms with Gasteiger partial charge in [0, 0.05) is 23.7 Å². The van der Waals surface area contributed by atoms with E-state index in [0.717, 1.165) is 27.8 Å². The number of para-hydroxylation sites is 1. The highest BCUT2D eigenvalue weighted by Crippen LogP contribution is 2.32. The predicted molar refractivity (Wildman–Crippen MR) is 79.5 cm³/mol. The number of benzene rings is 2. The van der Waals surface area contributed by atoms with Crippen LogP contribution in [0, 0.1) is 0 Å². The molecule has 94 valence electrons. The third-order valence-corrected chi connectivity index (χ3v) is 3.38. The van der Waals surface area contributed by atoms with Gasteiger partial charge in [0.05, 0.1) is 16.2 Å². The highest BCUT2D eigenvalue weighted by molar-refractivity contribution is 6.33. The van der Waals surface area contributed by atoms with Gasteiger partial charge in [0.15, 0.2) is 0 Å². The first kappa shape index (κ1) is 11.9. The van der Waals surface area contributed by atoms with Gasteiger partial charge in [-0.1, -0.05) is 29.8 Å². The fraction of sp³-hybridized carbons (Fsp3) is 0.0667. The molecule has 0 saturated heterocycles. The van der Waals surface area contributed by atoms with E-state index in [0.29, 0.717) is 5.02 Å². The van der Waals surface area contributed by atoms with Crippen LogP contribution in [0.2, 0.25) is 5.02 Å². The quantitative estimate of drug-likeness (QED) is 0.764. The van der Waals surface area contributed by atoms with Crippen molar-refractivity contribution in [2.24, 2.45) is 0 Å². The Morgan fingerprint density at radius 1 is 1.05 bits per heavy atom. The van der Waals surface area contributed by atoms with E-state index >= 15 is 0 Å². The molecule has 0 saturated carbocycles.